The van der Waals surface area contributed by atoms with Crippen LogP contribution >= 0.6 is 32.4 Å². The standard InChI is InChI=1S/C10H9O3P.2ClH/c11-14(12,13)10-7-3-5-8-4-1-2-6-9(8)10;;/h1-7H,(H2,11,12,13);2*1H. The highest BCUT2D eigenvalue weighted by Crippen LogP contribution is 2.36. The smallest absolute Gasteiger partial charge is 0.321 e. The summed E-state index contributed by atoms with van der Waals surface area (Å²) in [6.45, 7) is 0. The SMILES string of the molecule is Cl.Cl.O=P(O)(O)c1cccc2ccccc12. The molecule has 0 heterocycles. The zero-order valence-corrected chi connectivity index (χ0v) is 10.6. The lowest BCUT2D eigenvalue weighted by molar-refractivity contribution is 0.388. The van der Waals surface area contributed by atoms with E-state index in [4.69, 9.17) is 9.79 Å². The van der Waals surface area contributed by atoms with Crippen LogP contribution in [-0.2, 0) is 4.57 Å². The first-order chi connectivity index (χ1) is 6.59. The molecule has 6 heteroatoms. The van der Waals surface area contributed by atoms with Gasteiger partial charge >= 0.3 is 7.60 Å². The molecular weight excluding hydrogens is 270 g/mol. The quantitative estimate of drug-likeness (QED) is 0.789. The molecule has 0 aliphatic heterocycles. The van der Waals surface area contributed by atoms with Crippen molar-refractivity contribution in [3.63, 3.8) is 0 Å². The van der Waals surface area contributed by atoms with E-state index in [-0.39, 0.29) is 30.1 Å². The third-order valence-corrected chi connectivity index (χ3v) is 3.10. The highest BCUT2D eigenvalue weighted by Gasteiger charge is 2.19. The summed E-state index contributed by atoms with van der Waals surface area (Å²) in [5.41, 5.74) is 0. The second-order valence-corrected chi connectivity index (χ2v) is 4.61. The molecule has 0 atom stereocenters. The monoisotopic (exact) mass is 280 g/mol. The second kappa shape index (κ2) is 5.67. The maximum atomic E-state index is 11.1. The molecule has 0 spiro atoms. The van der Waals surface area contributed by atoms with E-state index in [0.717, 1.165) is 5.39 Å². The number of benzene rings is 2. The van der Waals surface area contributed by atoms with Gasteiger partial charge < -0.3 is 9.79 Å². The van der Waals surface area contributed by atoms with E-state index >= 15 is 0 Å². The Balaban J connectivity index is 0.00000112. The molecule has 2 aromatic carbocycles. The molecule has 0 amide bonds. The minimum absolute atomic E-state index is 0. The summed E-state index contributed by atoms with van der Waals surface area (Å²) in [5, 5.41) is 1.55. The van der Waals surface area contributed by atoms with Crippen molar-refractivity contribution in [3.05, 3.63) is 42.5 Å². The lowest BCUT2D eigenvalue weighted by Gasteiger charge is -2.07. The zero-order valence-electron chi connectivity index (χ0n) is 8.11. The number of rotatable bonds is 1. The molecule has 0 aliphatic carbocycles. The molecule has 0 saturated heterocycles. The molecule has 0 aliphatic rings. The molecule has 3 nitrogen and oxygen atoms in total. The molecule has 16 heavy (non-hydrogen) atoms. The fourth-order valence-corrected chi connectivity index (χ4v) is 2.26. The van der Waals surface area contributed by atoms with Gasteiger partial charge in [0.15, 0.2) is 0 Å². The lowest BCUT2D eigenvalue weighted by Crippen LogP contribution is -2.04. The first-order valence-corrected chi connectivity index (χ1v) is 5.74. The van der Waals surface area contributed by atoms with Gasteiger partial charge in [-0.05, 0) is 16.8 Å². The number of halogens is 2. The third kappa shape index (κ3) is 2.97. The van der Waals surface area contributed by atoms with Gasteiger partial charge in [0.25, 0.3) is 0 Å². The van der Waals surface area contributed by atoms with Gasteiger partial charge in [-0.2, -0.15) is 0 Å². The molecular formula is C10H11Cl2O3P. The van der Waals surface area contributed by atoms with E-state index in [9.17, 15) is 4.57 Å². The van der Waals surface area contributed by atoms with Crippen molar-refractivity contribution in [2.24, 2.45) is 0 Å². The molecule has 0 bridgehead atoms. The van der Waals surface area contributed by atoms with Gasteiger partial charge in [-0.15, -0.1) is 24.8 Å². The zero-order chi connectivity index (χ0) is 10.2. The Morgan fingerprint density at radius 2 is 1.44 bits per heavy atom. The van der Waals surface area contributed by atoms with Crippen LogP contribution in [0.3, 0.4) is 0 Å². The van der Waals surface area contributed by atoms with Crippen LogP contribution in [0.15, 0.2) is 42.5 Å². The van der Waals surface area contributed by atoms with Gasteiger partial charge in [-0.1, -0.05) is 36.4 Å². The maximum Gasteiger partial charge on any atom is 0.356 e. The van der Waals surface area contributed by atoms with Crippen molar-refractivity contribution >= 4 is 48.5 Å². The average Bonchev–Trinajstić information content (AvgIpc) is 2.15. The Hall–Kier alpha value is -0.570. The van der Waals surface area contributed by atoms with Gasteiger partial charge in [0.05, 0.1) is 5.30 Å². The summed E-state index contributed by atoms with van der Waals surface area (Å²) in [4.78, 5) is 18.2. The number of hydrogen-bond donors (Lipinski definition) is 2. The topological polar surface area (TPSA) is 57.5 Å². The summed E-state index contributed by atoms with van der Waals surface area (Å²) >= 11 is 0. The molecule has 2 aromatic rings. The number of fused-ring (bicyclic) bond motifs is 1. The van der Waals surface area contributed by atoms with Crippen LogP contribution in [0.1, 0.15) is 0 Å². The Kier molecular flexibility index (Phi) is 5.47. The van der Waals surface area contributed by atoms with Crippen LogP contribution < -0.4 is 5.30 Å². The normalized spacial score (nSPS) is 10.4. The Morgan fingerprint density at radius 3 is 2.06 bits per heavy atom. The minimum Gasteiger partial charge on any atom is -0.321 e. The molecule has 0 saturated carbocycles. The van der Waals surface area contributed by atoms with Crippen molar-refractivity contribution in [3.8, 4) is 0 Å². The Labute approximate surface area is 105 Å². The fraction of sp³-hybridized carbons (Fsp3) is 0. The highest BCUT2D eigenvalue weighted by molar-refractivity contribution is 7.60. The van der Waals surface area contributed by atoms with E-state index in [0.29, 0.717) is 5.39 Å². The summed E-state index contributed by atoms with van der Waals surface area (Å²) in [7, 11) is -4.16. The van der Waals surface area contributed by atoms with Crippen LogP contribution in [0.2, 0.25) is 0 Å². The predicted octanol–water partition coefficient (Wildman–Crippen LogP) is 2.49. The van der Waals surface area contributed by atoms with E-state index in [1.165, 1.54) is 6.07 Å². The average molecular weight is 281 g/mol. The van der Waals surface area contributed by atoms with Crippen molar-refractivity contribution in [2.75, 3.05) is 0 Å². The first kappa shape index (κ1) is 15.4. The molecule has 2 rings (SSSR count). The first-order valence-electron chi connectivity index (χ1n) is 4.13. The summed E-state index contributed by atoms with van der Waals surface area (Å²) < 4.78 is 11.1. The fourth-order valence-electron chi connectivity index (χ4n) is 1.46. The third-order valence-electron chi connectivity index (χ3n) is 2.08. The van der Waals surface area contributed by atoms with Crippen LogP contribution in [-0.4, -0.2) is 9.79 Å². The summed E-state index contributed by atoms with van der Waals surface area (Å²) in [6, 6.07) is 12.1. The van der Waals surface area contributed by atoms with Crippen LogP contribution in [0.25, 0.3) is 10.8 Å². The second-order valence-electron chi connectivity index (χ2n) is 3.04. The van der Waals surface area contributed by atoms with Crippen molar-refractivity contribution in [1.29, 1.82) is 0 Å². The highest BCUT2D eigenvalue weighted by atomic mass is 35.5. The molecule has 88 valence electrons. The lowest BCUT2D eigenvalue weighted by atomic mass is 10.1. The van der Waals surface area contributed by atoms with E-state index in [2.05, 4.69) is 0 Å². The van der Waals surface area contributed by atoms with Gasteiger partial charge in [-0.25, -0.2) is 0 Å². The van der Waals surface area contributed by atoms with Crippen LogP contribution in [0.4, 0.5) is 0 Å². The number of hydrogen-bond acceptors (Lipinski definition) is 1. The van der Waals surface area contributed by atoms with E-state index in [1.807, 2.05) is 18.2 Å². The summed E-state index contributed by atoms with van der Waals surface area (Å²) in [5.74, 6) is 0. The molecule has 0 fully saturated rings. The minimum atomic E-state index is -4.16. The van der Waals surface area contributed by atoms with Crippen molar-refractivity contribution in [2.45, 2.75) is 0 Å². The van der Waals surface area contributed by atoms with E-state index < -0.39 is 7.60 Å². The van der Waals surface area contributed by atoms with Gasteiger partial charge in [-0.3, -0.25) is 4.57 Å². The van der Waals surface area contributed by atoms with Crippen molar-refractivity contribution in [1.82, 2.24) is 0 Å². The Bertz CT molecular complexity index is 519. The summed E-state index contributed by atoms with van der Waals surface area (Å²) in [6.07, 6.45) is 0. The maximum absolute atomic E-state index is 11.1. The molecule has 2 N–H and O–H groups in total. The Morgan fingerprint density at radius 1 is 0.875 bits per heavy atom. The van der Waals surface area contributed by atoms with E-state index in [1.54, 1.807) is 18.2 Å². The predicted molar refractivity (Wildman–Crippen MR) is 70.1 cm³/mol. The van der Waals surface area contributed by atoms with Crippen molar-refractivity contribution < 1.29 is 14.4 Å². The van der Waals surface area contributed by atoms with Gasteiger partial charge in [0, 0.05) is 0 Å². The van der Waals surface area contributed by atoms with Crippen LogP contribution in [0, 0.1) is 0 Å². The molecule has 0 aromatic heterocycles. The van der Waals surface area contributed by atoms with Gasteiger partial charge in [0.2, 0.25) is 0 Å². The largest absolute Gasteiger partial charge is 0.356 e. The molecule has 0 unspecified atom stereocenters. The van der Waals surface area contributed by atoms with Crippen LogP contribution in [0.5, 0.6) is 0 Å². The molecule has 0 radical (unpaired) electrons. The van der Waals surface area contributed by atoms with Gasteiger partial charge in [0.1, 0.15) is 0 Å².